The minimum absolute atomic E-state index is 0.678. The average molecular weight is 436 g/mol. The zero-order valence-corrected chi connectivity index (χ0v) is 12.6. The van der Waals surface area contributed by atoms with Crippen LogP contribution in [-0.4, -0.2) is 50.6 Å². The Hall–Kier alpha value is -2.47. The third kappa shape index (κ3) is 2.98. The lowest BCUT2D eigenvalue weighted by atomic mass is 9.97. The van der Waals surface area contributed by atoms with E-state index in [4.69, 9.17) is 0 Å². The van der Waals surface area contributed by atoms with Crippen LogP contribution in [0.15, 0.2) is 5.16 Å². The number of alkyl halides is 8. The van der Waals surface area contributed by atoms with Gasteiger partial charge in [0.2, 0.25) is 11.6 Å². The molecule has 152 valence electrons. The Balaban J connectivity index is 2.55. The van der Waals surface area contributed by atoms with Crippen LogP contribution >= 0.6 is 0 Å². The van der Waals surface area contributed by atoms with Gasteiger partial charge in [0.1, 0.15) is 0 Å². The molecule has 0 saturated carbocycles. The summed E-state index contributed by atoms with van der Waals surface area (Å²) in [5.41, 5.74) is 0. The van der Waals surface area contributed by atoms with Gasteiger partial charge >= 0.3 is 40.0 Å². The van der Waals surface area contributed by atoms with Gasteiger partial charge in [-0.15, -0.1) is 15.3 Å². The fourth-order valence-corrected chi connectivity index (χ4v) is 1.93. The molecule has 0 aliphatic rings. The van der Waals surface area contributed by atoms with E-state index < -0.39 is 56.8 Å². The third-order valence-corrected chi connectivity index (χ3v) is 3.58. The molecule has 2 heterocycles. The number of nitrogens with zero attached hydrogens (tertiary/aromatic N) is 4. The van der Waals surface area contributed by atoms with Gasteiger partial charge in [0.25, 0.3) is 5.16 Å². The van der Waals surface area contributed by atoms with Crippen molar-refractivity contribution in [2.75, 3.05) is 0 Å². The molecule has 0 aliphatic carbocycles. The van der Waals surface area contributed by atoms with Gasteiger partial charge in [-0.05, 0) is 0 Å². The predicted octanol–water partition coefficient (Wildman–Crippen LogP) is 1.87. The first kappa shape index (κ1) is 20.8. The topological polar surface area (TPSA) is 117 Å². The number of H-pyrrole nitrogens is 2. The Morgan fingerprint density at radius 2 is 1.11 bits per heavy atom. The lowest BCUT2D eigenvalue weighted by Gasteiger charge is -2.34. The minimum atomic E-state index is -7.00. The number of hydrogen-bond acceptors (Lipinski definition) is 6. The number of hydrogen-bond donors (Lipinski definition) is 2. The maximum absolute atomic E-state index is 13.7. The highest BCUT2D eigenvalue weighted by Gasteiger charge is 2.83. The summed E-state index contributed by atoms with van der Waals surface area (Å²) >= 11 is 0. The molecule has 0 unspecified atom stereocenters. The van der Waals surface area contributed by atoms with E-state index in [1.165, 1.54) is 0 Å². The number of aromatic amines is 2. The molecule has 0 aliphatic heterocycles. The maximum Gasteiger partial charge on any atom is 0.386 e. The Labute approximate surface area is 140 Å². The molecular weight excluding hydrogens is 434 g/mol. The molecule has 2 rings (SSSR count). The average Bonchev–Trinajstić information content (AvgIpc) is 3.15. The van der Waals surface area contributed by atoms with Crippen LogP contribution in [0.1, 0.15) is 11.6 Å². The van der Waals surface area contributed by atoms with Crippen molar-refractivity contribution < 1.29 is 51.8 Å². The highest BCUT2D eigenvalue weighted by molar-refractivity contribution is 7.86. The van der Waals surface area contributed by atoms with Crippen LogP contribution in [0.4, 0.5) is 43.4 Å². The molecular formula is C8H2F10N6O2S. The van der Waals surface area contributed by atoms with Gasteiger partial charge in [0.15, 0.2) is 0 Å². The van der Waals surface area contributed by atoms with Crippen molar-refractivity contribution in [3.8, 4) is 0 Å². The quantitative estimate of drug-likeness (QED) is 0.528. The van der Waals surface area contributed by atoms with Crippen molar-refractivity contribution in [2.24, 2.45) is 0 Å². The van der Waals surface area contributed by atoms with Gasteiger partial charge in [-0.3, -0.25) is 4.98 Å². The summed E-state index contributed by atoms with van der Waals surface area (Å²) in [5, 5.41) is 6.46. The molecule has 8 nitrogen and oxygen atoms in total. The lowest BCUT2D eigenvalue weighted by Crippen LogP contribution is -2.60. The summed E-state index contributed by atoms with van der Waals surface area (Å²) in [6.07, 6.45) is -2.01. The monoisotopic (exact) mass is 436 g/mol. The normalized spacial score (nSPS) is 14.6. The molecule has 0 aromatic carbocycles. The molecule has 2 aromatic heterocycles. The van der Waals surface area contributed by atoms with Gasteiger partial charge in [0, 0.05) is 0 Å². The summed E-state index contributed by atoms with van der Waals surface area (Å²) in [7, 11) is -5.90. The van der Waals surface area contributed by atoms with Gasteiger partial charge in [-0.1, -0.05) is 8.98 Å². The molecule has 0 radical (unpaired) electrons. The largest absolute Gasteiger partial charge is 0.386 e. The fraction of sp³-hybridized carbons (Fsp3) is 0.500. The lowest BCUT2D eigenvalue weighted by molar-refractivity contribution is -0.377. The Bertz CT molecular complexity index is 953. The summed E-state index contributed by atoms with van der Waals surface area (Å²) in [6.45, 7) is 0. The first-order chi connectivity index (χ1) is 12.0. The van der Waals surface area contributed by atoms with Gasteiger partial charge < -0.3 is 4.98 Å². The van der Waals surface area contributed by atoms with E-state index in [-0.39, 0.29) is 0 Å². The van der Waals surface area contributed by atoms with Crippen molar-refractivity contribution in [3.05, 3.63) is 17.7 Å². The van der Waals surface area contributed by atoms with E-state index in [2.05, 4.69) is 20.4 Å². The van der Waals surface area contributed by atoms with Gasteiger partial charge in [-0.2, -0.15) is 47.9 Å². The van der Waals surface area contributed by atoms with Gasteiger partial charge in [0.05, 0.1) is 0 Å². The predicted molar refractivity (Wildman–Crippen MR) is 58.7 cm³/mol. The zero-order chi connectivity index (χ0) is 21.1. The molecule has 19 heteroatoms. The second-order valence-electron chi connectivity index (χ2n) is 4.68. The first-order valence-corrected chi connectivity index (χ1v) is 7.32. The highest BCUT2D eigenvalue weighted by Crippen LogP contribution is 2.58. The summed E-state index contributed by atoms with van der Waals surface area (Å²) in [6, 6.07) is 0. The summed E-state index contributed by atoms with van der Waals surface area (Å²) < 4.78 is 155. The van der Waals surface area contributed by atoms with Crippen molar-refractivity contribution in [1.82, 2.24) is 30.4 Å². The molecule has 2 aromatic rings. The Morgan fingerprint density at radius 3 is 1.44 bits per heavy atom. The van der Waals surface area contributed by atoms with E-state index in [1.54, 1.807) is 0 Å². The van der Waals surface area contributed by atoms with E-state index >= 15 is 0 Å². The number of halogens is 10. The fourth-order valence-electron chi connectivity index (χ4n) is 1.57. The minimum Gasteiger partial charge on any atom is -0.308 e. The van der Waals surface area contributed by atoms with E-state index in [1.807, 2.05) is 0 Å². The molecule has 0 fully saturated rings. The van der Waals surface area contributed by atoms with Crippen LogP contribution in [0.25, 0.3) is 0 Å². The summed E-state index contributed by atoms with van der Waals surface area (Å²) in [4.78, 5) is 1.43. The number of aromatic nitrogens is 6. The van der Waals surface area contributed by atoms with Crippen molar-refractivity contribution in [3.63, 3.8) is 0 Å². The number of nitrogens with one attached hydrogen (secondary N) is 2. The summed E-state index contributed by atoms with van der Waals surface area (Å²) in [5.74, 6) is -31.7. The third-order valence-electron chi connectivity index (χ3n) is 2.93. The molecule has 0 bridgehead atoms. The van der Waals surface area contributed by atoms with Crippen LogP contribution < -0.4 is 0 Å². The standard InChI is InChI=1S/C8H2F10N6O2S/c9-3-19-1(21-23-3)5(10,11)7(14,15)8(16,17)6(12,13)2-20-4(24-22-2)27(18,25)26/h(H,19,21,23)(H,20,22,24). The molecule has 0 spiro atoms. The Kier molecular flexibility index (Phi) is 4.45. The smallest absolute Gasteiger partial charge is 0.308 e. The Morgan fingerprint density at radius 1 is 0.704 bits per heavy atom. The second kappa shape index (κ2) is 5.76. The zero-order valence-electron chi connectivity index (χ0n) is 11.8. The molecule has 0 amide bonds. The van der Waals surface area contributed by atoms with Crippen LogP contribution in [0.2, 0.25) is 0 Å². The number of rotatable bonds is 6. The molecule has 0 atom stereocenters. The van der Waals surface area contributed by atoms with Gasteiger partial charge in [-0.25, -0.2) is 0 Å². The van der Waals surface area contributed by atoms with Crippen molar-refractivity contribution in [2.45, 2.75) is 28.8 Å². The molecule has 0 saturated heterocycles. The first-order valence-electron chi connectivity index (χ1n) is 5.94. The maximum atomic E-state index is 13.7. The van der Waals surface area contributed by atoms with Crippen molar-refractivity contribution in [1.29, 1.82) is 0 Å². The van der Waals surface area contributed by atoms with Crippen LogP contribution in [0.5, 0.6) is 0 Å². The molecule has 2 N–H and O–H groups in total. The van der Waals surface area contributed by atoms with Crippen LogP contribution in [0, 0.1) is 6.08 Å². The SMILES string of the molecule is O=S(=O)(F)c1nnc(C(F)(F)C(F)(F)C(F)(F)C(F)(F)c2nnc(F)[nH]2)[nH]1. The van der Waals surface area contributed by atoms with E-state index in [0.29, 0.717) is 4.98 Å². The second-order valence-corrected chi connectivity index (χ2v) is 5.94. The van der Waals surface area contributed by atoms with Crippen molar-refractivity contribution >= 4 is 10.2 Å². The highest BCUT2D eigenvalue weighted by atomic mass is 32.3. The van der Waals surface area contributed by atoms with Crippen LogP contribution in [-0.2, 0) is 22.1 Å². The van der Waals surface area contributed by atoms with Crippen LogP contribution in [0.3, 0.4) is 0 Å². The molecule has 27 heavy (non-hydrogen) atoms. The van der Waals surface area contributed by atoms with E-state index in [9.17, 15) is 51.8 Å². The van der Waals surface area contributed by atoms with E-state index in [0.717, 1.165) is 4.98 Å².